The summed E-state index contributed by atoms with van der Waals surface area (Å²) < 4.78 is 0. The summed E-state index contributed by atoms with van der Waals surface area (Å²) in [6.07, 6.45) is 0.970. The molecule has 0 aromatic heterocycles. The third kappa shape index (κ3) is 4.09. The number of ketones is 2. The second kappa shape index (κ2) is 8.60. The van der Waals surface area contributed by atoms with Crippen LogP contribution in [-0.4, -0.2) is 48.0 Å². The van der Waals surface area contributed by atoms with Crippen LogP contribution in [0.3, 0.4) is 0 Å². The van der Waals surface area contributed by atoms with Gasteiger partial charge in [-0.05, 0) is 31.2 Å². The maximum absolute atomic E-state index is 13.2. The maximum atomic E-state index is 13.2. The lowest BCUT2D eigenvalue weighted by molar-refractivity contribution is -0.138. The molecule has 2 aliphatic rings. The van der Waals surface area contributed by atoms with Crippen molar-refractivity contribution in [2.75, 3.05) is 18.1 Å². The third-order valence-electron chi connectivity index (χ3n) is 4.82. The average molecular weight is 415 g/mol. The number of nitrogens with zero attached hydrogens (tertiary/aromatic N) is 1. The first-order valence-electron chi connectivity index (χ1n) is 9.12. The molecule has 1 aromatic rings. The lowest BCUT2D eigenvalue weighted by atomic mass is 9.71. The Morgan fingerprint density at radius 2 is 1.97 bits per heavy atom. The molecular formula is C20H21N3O5S. The summed E-state index contributed by atoms with van der Waals surface area (Å²) in [5, 5.41) is 8.99. The van der Waals surface area contributed by atoms with Crippen molar-refractivity contribution < 1.29 is 24.0 Å². The predicted octanol–water partition coefficient (Wildman–Crippen LogP) is 1.68. The van der Waals surface area contributed by atoms with Crippen molar-refractivity contribution >= 4 is 46.5 Å². The Balaban J connectivity index is 1.74. The Labute approximate surface area is 172 Å². The number of rotatable bonds is 7. The summed E-state index contributed by atoms with van der Waals surface area (Å²) in [5.41, 5.74) is -1.07. The van der Waals surface area contributed by atoms with Gasteiger partial charge in [-0.15, -0.1) is 11.8 Å². The van der Waals surface area contributed by atoms with Gasteiger partial charge in [0.25, 0.3) is 5.91 Å². The SMILES string of the molecule is CNC(=O)CCCSC1=CC(=O)C2ON=C(C(=O)Nc3ccccc3)C2(C)C1=O. The quantitative estimate of drug-likeness (QED) is 0.655. The molecule has 1 aliphatic heterocycles. The van der Waals surface area contributed by atoms with Crippen LogP contribution >= 0.6 is 11.8 Å². The number of amides is 2. The number of nitrogens with one attached hydrogen (secondary N) is 2. The van der Waals surface area contributed by atoms with E-state index >= 15 is 0 Å². The van der Waals surface area contributed by atoms with Crippen LogP contribution in [0.25, 0.3) is 0 Å². The second-order valence-corrected chi connectivity index (χ2v) is 7.95. The third-order valence-corrected chi connectivity index (χ3v) is 5.93. The zero-order valence-corrected chi connectivity index (χ0v) is 16.9. The van der Waals surface area contributed by atoms with Gasteiger partial charge < -0.3 is 15.5 Å². The molecule has 2 atom stereocenters. The first-order chi connectivity index (χ1) is 13.9. The Kier molecular flexibility index (Phi) is 6.17. The fourth-order valence-corrected chi connectivity index (χ4v) is 4.21. The van der Waals surface area contributed by atoms with E-state index < -0.39 is 23.2 Å². The Morgan fingerprint density at radius 1 is 1.24 bits per heavy atom. The van der Waals surface area contributed by atoms with Gasteiger partial charge in [-0.1, -0.05) is 23.4 Å². The van der Waals surface area contributed by atoms with Crippen molar-refractivity contribution in [3.63, 3.8) is 0 Å². The highest BCUT2D eigenvalue weighted by Gasteiger charge is 2.60. The molecule has 2 unspecified atom stereocenters. The van der Waals surface area contributed by atoms with Gasteiger partial charge in [-0.2, -0.15) is 0 Å². The molecule has 29 heavy (non-hydrogen) atoms. The minimum atomic E-state index is -1.49. The standard InChI is InChI=1S/C20H21N3O5S/c1-20-16(19(27)22-12-7-4-3-5-8-12)23-28-18(20)13(24)11-14(17(20)26)29-10-6-9-15(25)21-2/h3-5,7-8,11,18H,6,9-10H2,1-2H3,(H,21,25)(H,22,27). The van der Waals surface area contributed by atoms with Crippen LogP contribution in [0, 0.1) is 5.41 Å². The predicted molar refractivity (Wildman–Crippen MR) is 109 cm³/mol. The number of para-hydroxylation sites is 1. The number of thioether (sulfide) groups is 1. The van der Waals surface area contributed by atoms with Crippen LogP contribution in [0.4, 0.5) is 5.69 Å². The summed E-state index contributed by atoms with van der Waals surface area (Å²) in [5.74, 6) is -0.983. The van der Waals surface area contributed by atoms with E-state index in [1.165, 1.54) is 24.8 Å². The molecule has 0 radical (unpaired) electrons. The zero-order chi connectivity index (χ0) is 21.0. The van der Waals surface area contributed by atoms with Gasteiger partial charge in [0.1, 0.15) is 5.41 Å². The first kappa shape index (κ1) is 20.8. The van der Waals surface area contributed by atoms with E-state index in [1.807, 2.05) is 6.07 Å². The molecule has 3 rings (SSSR count). The minimum absolute atomic E-state index is 0.0890. The van der Waals surface area contributed by atoms with Gasteiger partial charge >= 0.3 is 0 Å². The summed E-state index contributed by atoms with van der Waals surface area (Å²) in [6, 6.07) is 8.74. The smallest absolute Gasteiger partial charge is 0.274 e. The van der Waals surface area contributed by atoms with E-state index in [4.69, 9.17) is 4.84 Å². The molecule has 1 heterocycles. The molecule has 0 saturated heterocycles. The fourth-order valence-electron chi connectivity index (χ4n) is 3.16. The minimum Gasteiger partial charge on any atom is -0.382 e. The molecule has 2 N–H and O–H groups in total. The topological polar surface area (TPSA) is 114 Å². The van der Waals surface area contributed by atoms with Gasteiger partial charge in [0.15, 0.2) is 11.5 Å². The molecule has 9 heteroatoms. The van der Waals surface area contributed by atoms with Crippen molar-refractivity contribution in [3.8, 4) is 0 Å². The molecule has 0 fully saturated rings. The van der Waals surface area contributed by atoms with Crippen LogP contribution in [0.15, 0.2) is 46.5 Å². The lowest BCUT2D eigenvalue weighted by Crippen LogP contribution is -2.52. The van der Waals surface area contributed by atoms with Gasteiger partial charge in [-0.3, -0.25) is 19.2 Å². The number of benzene rings is 1. The number of oxime groups is 1. The molecule has 8 nitrogen and oxygen atoms in total. The maximum Gasteiger partial charge on any atom is 0.274 e. The summed E-state index contributed by atoms with van der Waals surface area (Å²) in [7, 11) is 1.56. The number of fused-ring (bicyclic) bond motifs is 1. The number of carbonyl (C=O) groups is 4. The number of hydrogen-bond donors (Lipinski definition) is 2. The highest BCUT2D eigenvalue weighted by molar-refractivity contribution is 8.04. The van der Waals surface area contributed by atoms with Gasteiger partial charge in [-0.25, -0.2) is 0 Å². The van der Waals surface area contributed by atoms with Gasteiger partial charge in [0, 0.05) is 25.2 Å². The molecule has 0 spiro atoms. The van der Waals surface area contributed by atoms with E-state index in [0.717, 1.165) is 0 Å². The second-order valence-electron chi connectivity index (χ2n) is 6.81. The summed E-state index contributed by atoms with van der Waals surface area (Å²) in [6.45, 7) is 1.51. The Bertz CT molecular complexity index is 912. The molecule has 1 aliphatic carbocycles. The monoisotopic (exact) mass is 415 g/mol. The molecule has 152 valence electrons. The van der Waals surface area contributed by atoms with E-state index in [-0.39, 0.29) is 22.3 Å². The number of allylic oxidation sites excluding steroid dienone is 1. The number of hydrogen-bond acceptors (Lipinski definition) is 7. The van der Waals surface area contributed by atoms with Crippen LogP contribution in [0.5, 0.6) is 0 Å². The largest absolute Gasteiger partial charge is 0.382 e. The van der Waals surface area contributed by atoms with Crippen molar-refractivity contribution in [1.29, 1.82) is 0 Å². The van der Waals surface area contributed by atoms with Crippen LogP contribution < -0.4 is 10.6 Å². The number of carbonyl (C=O) groups excluding carboxylic acids is 4. The van der Waals surface area contributed by atoms with Gasteiger partial charge in [0.2, 0.25) is 17.8 Å². The van der Waals surface area contributed by atoms with Crippen molar-refractivity contribution in [2.45, 2.75) is 25.9 Å². The van der Waals surface area contributed by atoms with E-state index in [1.54, 1.807) is 31.3 Å². The molecule has 0 saturated carbocycles. The highest BCUT2D eigenvalue weighted by Crippen LogP contribution is 2.42. The van der Waals surface area contributed by atoms with E-state index in [9.17, 15) is 19.2 Å². The van der Waals surface area contributed by atoms with Crippen LogP contribution in [-0.2, 0) is 24.0 Å². The van der Waals surface area contributed by atoms with Gasteiger partial charge in [0.05, 0.1) is 4.91 Å². The number of Topliss-reactive ketones (excluding diaryl/α,β-unsaturated/α-hetero) is 1. The van der Waals surface area contributed by atoms with E-state index in [0.29, 0.717) is 24.3 Å². The normalized spacial score (nSPS) is 22.9. The highest BCUT2D eigenvalue weighted by atomic mass is 32.2. The Morgan fingerprint density at radius 3 is 2.66 bits per heavy atom. The summed E-state index contributed by atoms with van der Waals surface area (Å²) >= 11 is 1.20. The zero-order valence-electron chi connectivity index (χ0n) is 16.1. The van der Waals surface area contributed by atoms with Crippen molar-refractivity contribution in [3.05, 3.63) is 41.3 Å². The Hall–Kier alpha value is -2.94. The van der Waals surface area contributed by atoms with Crippen molar-refractivity contribution in [2.24, 2.45) is 10.6 Å². The summed E-state index contributed by atoms with van der Waals surface area (Å²) in [4.78, 5) is 55.2. The fraction of sp³-hybridized carbons (Fsp3) is 0.350. The average Bonchev–Trinajstić information content (AvgIpc) is 3.08. The molecule has 1 aromatic carbocycles. The van der Waals surface area contributed by atoms with Crippen LogP contribution in [0.1, 0.15) is 19.8 Å². The molecular weight excluding hydrogens is 394 g/mol. The van der Waals surface area contributed by atoms with E-state index in [2.05, 4.69) is 15.8 Å². The molecule has 0 bridgehead atoms. The number of anilines is 1. The van der Waals surface area contributed by atoms with Crippen LogP contribution in [0.2, 0.25) is 0 Å². The molecule has 2 amide bonds. The lowest BCUT2D eigenvalue weighted by Gasteiger charge is -2.30. The van der Waals surface area contributed by atoms with Crippen molar-refractivity contribution in [1.82, 2.24) is 5.32 Å². The first-order valence-corrected chi connectivity index (χ1v) is 10.1.